The van der Waals surface area contributed by atoms with Crippen LogP contribution in [0.4, 0.5) is 0 Å². The fourth-order valence-electron chi connectivity index (χ4n) is 4.31. The number of rotatable bonds is 7. The molecule has 2 aliphatic rings. The van der Waals surface area contributed by atoms with E-state index < -0.39 is 0 Å². The maximum absolute atomic E-state index is 5.93. The molecule has 0 radical (unpaired) electrons. The van der Waals surface area contributed by atoms with E-state index >= 15 is 0 Å². The molecule has 1 saturated heterocycles. The van der Waals surface area contributed by atoms with Gasteiger partial charge >= 0.3 is 0 Å². The third kappa shape index (κ3) is 4.73. The first kappa shape index (κ1) is 20.0. The van der Waals surface area contributed by atoms with Crippen LogP contribution in [0.5, 0.6) is 11.5 Å². The second-order valence-corrected chi connectivity index (χ2v) is 8.16. The van der Waals surface area contributed by atoms with Gasteiger partial charge in [0.05, 0.1) is 17.5 Å². The standard InChI is InChI=1S/C24H28N4O3/c1-27-14-19(24(26-27)18-7-8-22-23(13-18)31-12-11-30-22)15-28(17-21-6-4-10-29-21)16-20-5-2-3-9-25-20/h2-3,5,7-9,13-14,21H,4,6,10-12,15-17H2,1H3. The summed E-state index contributed by atoms with van der Waals surface area (Å²) in [5.41, 5.74) is 4.24. The molecular formula is C24H28N4O3. The Hall–Kier alpha value is -2.90. The fourth-order valence-corrected chi connectivity index (χ4v) is 4.31. The highest BCUT2D eigenvalue weighted by Crippen LogP contribution is 2.35. The van der Waals surface area contributed by atoms with Gasteiger partial charge in [0.25, 0.3) is 0 Å². The van der Waals surface area contributed by atoms with E-state index in [9.17, 15) is 0 Å². The molecule has 7 nitrogen and oxygen atoms in total. The molecule has 0 spiro atoms. The molecule has 0 bridgehead atoms. The number of benzene rings is 1. The predicted molar refractivity (Wildman–Crippen MR) is 117 cm³/mol. The molecule has 0 saturated carbocycles. The van der Waals surface area contributed by atoms with E-state index in [-0.39, 0.29) is 6.10 Å². The zero-order valence-corrected chi connectivity index (χ0v) is 17.9. The van der Waals surface area contributed by atoms with Crippen molar-refractivity contribution in [2.75, 3.05) is 26.4 Å². The molecule has 4 heterocycles. The van der Waals surface area contributed by atoms with Crippen molar-refractivity contribution in [2.24, 2.45) is 7.05 Å². The van der Waals surface area contributed by atoms with Crippen LogP contribution >= 0.6 is 0 Å². The molecule has 2 aliphatic heterocycles. The Morgan fingerprint density at radius 2 is 1.97 bits per heavy atom. The van der Waals surface area contributed by atoms with Gasteiger partial charge in [0.1, 0.15) is 13.2 Å². The molecule has 0 amide bonds. The molecular weight excluding hydrogens is 392 g/mol. The quantitative estimate of drug-likeness (QED) is 0.584. The molecule has 1 atom stereocenters. The lowest BCUT2D eigenvalue weighted by Gasteiger charge is -2.25. The highest BCUT2D eigenvalue weighted by atomic mass is 16.6. The normalized spacial score (nSPS) is 17.9. The van der Waals surface area contributed by atoms with Crippen molar-refractivity contribution in [2.45, 2.75) is 32.0 Å². The van der Waals surface area contributed by atoms with Crippen LogP contribution in [0, 0.1) is 0 Å². The molecule has 0 aliphatic carbocycles. The molecule has 7 heteroatoms. The summed E-state index contributed by atoms with van der Waals surface area (Å²) < 4.78 is 19.3. The number of hydrogen-bond donors (Lipinski definition) is 0. The summed E-state index contributed by atoms with van der Waals surface area (Å²) in [6, 6.07) is 12.1. The molecule has 1 aromatic carbocycles. The Kier molecular flexibility index (Phi) is 5.86. The van der Waals surface area contributed by atoms with Crippen molar-refractivity contribution >= 4 is 0 Å². The summed E-state index contributed by atoms with van der Waals surface area (Å²) in [5, 5.41) is 4.77. The minimum absolute atomic E-state index is 0.276. The van der Waals surface area contributed by atoms with Gasteiger partial charge in [-0.3, -0.25) is 14.6 Å². The lowest BCUT2D eigenvalue weighted by molar-refractivity contribution is 0.0675. The van der Waals surface area contributed by atoms with E-state index in [1.54, 1.807) is 0 Å². The van der Waals surface area contributed by atoms with Crippen LogP contribution in [0.2, 0.25) is 0 Å². The fraction of sp³-hybridized carbons (Fsp3) is 0.417. The Morgan fingerprint density at radius 1 is 1.06 bits per heavy atom. The first-order valence-electron chi connectivity index (χ1n) is 10.9. The van der Waals surface area contributed by atoms with Crippen molar-refractivity contribution < 1.29 is 14.2 Å². The molecule has 1 fully saturated rings. The van der Waals surface area contributed by atoms with Gasteiger partial charge in [-0.05, 0) is 43.2 Å². The zero-order chi connectivity index (χ0) is 21.0. The maximum atomic E-state index is 5.93. The first-order chi connectivity index (χ1) is 15.2. The van der Waals surface area contributed by atoms with Gasteiger partial charge in [-0.2, -0.15) is 5.10 Å². The Labute approximate surface area is 182 Å². The van der Waals surface area contributed by atoms with Crippen molar-refractivity contribution in [1.82, 2.24) is 19.7 Å². The van der Waals surface area contributed by atoms with Gasteiger partial charge in [0.2, 0.25) is 0 Å². The summed E-state index contributed by atoms with van der Waals surface area (Å²) in [6.45, 7) is 4.45. The number of nitrogens with zero attached hydrogens (tertiary/aromatic N) is 4. The van der Waals surface area contributed by atoms with E-state index in [1.165, 1.54) is 5.56 Å². The summed E-state index contributed by atoms with van der Waals surface area (Å²) in [4.78, 5) is 6.95. The molecule has 3 aromatic rings. The van der Waals surface area contributed by atoms with Gasteiger partial charge in [-0.25, -0.2) is 0 Å². The van der Waals surface area contributed by atoms with Crippen molar-refractivity contribution in [1.29, 1.82) is 0 Å². The van der Waals surface area contributed by atoms with Crippen molar-refractivity contribution in [3.63, 3.8) is 0 Å². The van der Waals surface area contributed by atoms with Crippen LogP contribution in [0.1, 0.15) is 24.1 Å². The highest BCUT2D eigenvalue weighted by molar-refractivity contribution is 5.66. The lowest BCUT2D eigenvalue weighted by Crippen LogP contribution is -2.31. The minimum atomic E-state index is 0.276. The van der Waals surface area contributed by atoms with E-state index in [1.807, 2.05) is 42.2 Å². The van der Waals surface area contributed by atoms with E-state index in [4.69, 9.17) is 19.3 Å². The molecule has 0 N–H and O–H groups in total. The third-order valence-corrected chi connectivity index (χ3v) is 5.71. The maximum Gasteiger partial charge on any atom is 0.162 e. The summed E-state index contributed by atoms with van der Waals surface area (Å²) in [5.74, 6) is 1.58. The van der Waals surface area contributed by atoms with Crippen LogP contribution in [-0.2, 0) is 24.9 Å². The number of aryl methyl sites for hydroxylation is 1. The lowest BCUT2D eigenvalue weighted by atomic mass is 10.1. The van der Waals surface area contributed by atoms with Crippen molar-refractivity contribution in [3.8, 4) is 22.8 Å². The molecule has 162 valence electrons. The number of aromatic nitrogens is 3. The average Bonchev–Trinajstić information content (AvgIpc) is 3.43. The second kappa shape index (κ2) is 9.08. The van der Waals surface area contributed by atoms with Gasteiger partial charge < -0.3 is 14.2 Å². The number of fused-ring (bicyclic) bond motifs is 1. The first-order valence-corrected chi connectivity index (χ1v) is 10.9. The van der Waals surface area contributed by atoms with Crippen molar-refractivity contribution in [3.05, 3.63) is 60.0 Å². The molecule has 5 rings (SSSR count). The van der Waals surface area contributed by atoms with Crippen LogP contribution in [-0.4, -0.2) is 52.1 Å². The third-order valence-electron chi connectivity index (χ3n) is 5.71. The highest BCUT2D eigenvalue weighted by Gasteiger charge is 2.22. The van der Waals surface area contributed by atoms with Crippen LogP contribution in [0.25, 0.3) is 11.3 Å². The largest absolute Gasteiger partial charge is 0.486 e. The summed E-state index contributed by atoms with van der Waals surface area (Å²) in [7, 11) is 1.97. The van der Waals surface area contributed by atoms with Crippen LogP contribution in [0.3, 0.4) is 0 Å². The van der Waals surface area contributed by atoms with Gasteiger partial charge in [-0.1, -0.05) is 6.07 Å². The summed E-state index contributed by atoms with van der Waals surface area (Å²) >= 11 is 0. The minimum Gasteiger partial charge on any atom is -0.486 e. The van der Waals surface area contributed by atoms with E-state index in [0.717, 1.165) is 67.5 Å². The van der Waals surface area contributed by atoms with Gasteiger partial charge in [0.15, 0.2) is 11.5 Å². The Morgan fingerprint density at radius 3 is 2.77 bits per heavy atom. The number of pyridine rings is 1. The predicted octanol–water partition coefficient (Wildman–Crippen LogP) is 3.43. The Balaban J connectivity index is 1.41. The second-order valence-electron chi connectivity index (χ2n) is 8.16. The monoisotopic (exact) mass is 420 g/mol. The van der Waals surface area contributed by atoms with E-state index in [2.05, 4.69) is 28.2 Å². The van der Waals surface area contributed by atoms with Gasteiger partial charge in [0, 0.05) is 56.8 Å². The average molecular weight is 421 g/mol. The number of ether oxygens (including phenoxy) is 3. The number of hydrogen-bond acceptors (Lipinski definition) is 6. The zero-order valence-electron chi connectivity index (χ0n) is 17.9. The molecule has 2 aromatic heterocycles. The summed E-state index contributed by atoms with van der Waals surface area (Å²) in [6.07, 6.45) is 6.48. The topological polar surface area (TPSA) is 61.6 Å². The SMILES string of the molecule is Cn1cc(CN(Cc2ccccn2)CC2CCCO2)c(-c2ccc3c(c2)OCCO3)n1. The smallest absolute Gasteiger partial charge is 0.162 e. The molecule has 31 heavy (non-hydrogen) atoms. The molecule has 1 unspecified atom stereocenters. The Bertz CT molecular complexity index is 1010. The van der Waals surface area contributed by atoms with Crippen LogP contribution < -0.4 is 9.47 Å². The van der Waals surface area contributed by atoms with Crippen LogP contribution in [0.15, 0.2) is 48.8 Å². The van der Waals surface area contributed by atoms with Gasteiger partial charge in [-0.15, -0.1) is 0 Å². The van der Waals surface area contributed by atoms with E-state index in [0.29, 0.717) is 13.2 Å².